The molecule has 0 spiro atoms. The number of alkyl carbamates (subject to hydrolysis) is 1. The maximum atomic E-state index is 14.3. The third-order valence-corrected chi connectivity index (χ3v) is 10.2. The van der Waals surface area contributed by atoms with E-state index in [1.165, 1.54) is 6.08 Å². The molecular weight excluding hydrogens is 855 g/mol. The van der Waals surface area contributed by atoms with E-state index in [1.807, 2.05) is 6.08 Å². The van der Waals surface area contributed by atoms with Gasteiger partial charge >= 0.3 is 30.0 Å². The number of hydrogen-bond acceptors (Lipinski definition) is 14. The van der Waals surface area contributed by atoms with Crippen molar-refractivity contribution in [3.63, 3.8) is 0 Å². The summed E-state index contributed by atoms with van der Waals surface area (Å²) in [6.45, 7) is 19.4. The largest absolute Gasteiger partial charge is 0.493 e. The molecule has 0 radical (unpaired) electrons. The zero-order valence-corrected chi connectivity index (χ0v) is 39.5. The zero-order chi connectivity index (χ0) is 49.0. The Labute approximate surface area is 387 Å². The van der Waals surface area contributed by atoms with Gasteiger partial charge in [-0.1, -0.05) is 42.5 Å². The lowest BCUT2D eigenvalue weighted by Crippen LogP contribution is -2.69. The fraction of sp³-hybridized carbons (Fsp3) is 0.531. The Bertz CT molecular complexity index is 1990. The fourth-order valence-corrected chi connectivity index (χ4v) is 7.42. The molecule has 66 heavy (non-hydrogen) atoms. The van der Waals surface area contributed by atoms with Gasteiger partial charge in [-0.05, 0) is 89.1 Å². The first-order chi connectivity index (χ1) is 31.2. The van der Waals surface area contributed by atoms with Crippen molar-refractivity contribution >= 4 is 41.8 Å². The summed E-state index contributed by atoms with van der Waals surface area (Å²) in [6, 6.07) is 10.7. The number of unbranched alkanes of at least 4 members (excludes halogenated alkanes) is 2. The summed E-state index contributed by atoms with van der Waals surface area (Å²) >= 11 is 0. The summed E-state index contributed by atoms with van der Waals surface area (Å²) in [5.74, 6) is -3.45. The van der Waals surface area contributed by atoms with E-state index in [0.717, 1.165) is 40.0 Å². The van der Waals surface area contributed by atoms with Crippen LogP contribution in [0.25, 0.3) is 0 Å². The van der Waals surface area contributed by atoms with Gasteiger partial charge in [0.15, 0.2) is 17.8 Å². The molecule has 0 aromatic heterocycles. The van der Waals surface area contributed by atoms with Crippen LogP contribution in [0.4, 0.5) is 4.79 Å². The van der Waals surface area contributed by atoms with Crippen molar-refractivity contribution in [3.05, 3.63) is 90.0 Å². The standard InChI is InChI=1S/C49H67N3O14/c1-11-13-14-18-22-40(56)50-24-19-25-60-42-31(3)26-37(27-32(42)4)45(57)51-29-39(63-34(6)54)43(64-35(7)55)44-41(52-47(59)66-48(8,9)10)38(62-33(5)53)28-49(65-44,23-12-2)46(58)61-30-36-20-16-15-17-21-36/h11-12,15-17,20-21,26-27,38-39,41,43-44H,1-2,13-14,18-19,22-25,28-30H2,3-10H3,(H,50,56)(H,51,57)(H,52,59)/t38-,39+,41+,43+,44+,49+/m0/s1. The number of nitrogens with one attached hydrogen (secondary N) is 3. The summed E-state index contributed by atoms with van der Waals surface area (Å²) < 4.78 is 41.3. The molecule has 2 aromatic rings. The van der Waals surface area contributed by atoms with Gasteiger partial charge in [0, 0.05) is 52.1 Å². The number of carbonyl (C=O) groups is 7. The molecule has 3 amide bonds. The number of rotatable bonds is 24. The quantitative estimate of drug-likeness (QED) is 0.0462. The van der Waals surface area contributed by atoms with Crippen LogP contribution in [0, 0.1) is 13.8 Å². The first-order valence-corrected chi connectivity index (χ1v) is 22.1. The number of allylic oxidation sites excluding steroid dienone is 1. The van der Waals surface area contributed by atoms with Crippen LogP contribution in [0.2, 0.25) is 0 Å². The minimum absolute atomic E-state index is 0.0216. The van der Waals surface area contributed by atoms with Crippen molar-refractivity contribution < 1.29 is 66.7 Å². The van der Waals surface area contributed by atoms with Gasteiger partial charge in [-0.15, -0.1) is 13.2 Å². The van der Waals surface area contributed by atoms with Crippen molar-refractivity contribution in [1.29, 1.82) is 0 Å². The van der Waals surface area contributed by atoms with E-state index in [0.29, 0.717) is 48.4 Å². The van der Waals surface area contributed by atoms with Crippen LogP contribution < -0.4 is 20.7 Å². The molecule has 17 heteroatoms. The second kappa shape index (κ2) is 26.1. The van der Waals surface area contributed by atoms with Crippen LogP contribution in [0.5, 0.6) is 5.75 Å². The van der Waals surface area contributed by atoms with Crippen molar-refractivity contribution in [2.75, 3.05) is 19.7 Å². The number of esters is 4. The Morgan fingerprint density at radius 1 is 0.879 bits per heavy atom. The molecule has 1 saturated heterocycles. The Morgan fingerprint density at radius 2 is 1.55 bits per heavy atom. The van der Waals surface area contributed by atoms with Gasteiger partial charge in [0.2, 0.25) is 5.91 Å². The molecule has 1 fully saturated rings. The molecule has 1 aliphatic rings. The van der Waals surface area contributed by atoms with E-state index in [1.54, 1.807) is 77.1 Å². The number of ether oxygens (including phenoxy) is 7. The molecular formula is C49H67N3O14. The second-order valence-electron chi connectivity index (χ2n) is 17.1. The average molecular weight is 922 g/mol. The highest BCUT2D eigenvalue weighted by molar-refractivity contribution is 5.95. The lowest BCUT2D eigenvalue weighted by molar-refractivity contribution is -0.240. The summed E-state index contributed by atoms with van der Waals surface area (Å²) in [4.78, 5) is 92.2. The molecule has 0 unspecified atom stereocenters. The normalized spacial score (nSPS) is 18.8. The molecule has 0 bridgehead atoms. The van der Waals surface area contributed by atoms with E-state index in [-0.39, 0.29) is 30.9 Å². The van der Waals surface area contributed by atoms with Gasteiger partial charge in [-0.25, -0.2) is 9.59 Å². The zero-order valence-electron chi connectivity index (χ0n) is 39.5. The summed E-state index contributed by atoms with van der Waals surface area (Å²) in [7, 11) is 0. The van der Waals surface area contributed by atoms with Gasteiger partial charge in [-0.2, -0.15) is 0 Å². The summed E-state index contributed by atoms with van der Waals surface area (Å²) in [5.41, 5.74) is -0.764. The molecule has 1 heterocycles. The lowest BCUT2D eigenvalue weighted by Gasteiger charge is -2.49. The third kappa shape index (κ3) is 17.6. The molecule has 3 N–H and O–H groups in total. The Balaban J connectivity index is 1.97. The Hall–Kier alpha value is -6.23. The summed E-state index contributed by atoms with van der Waals surface area (Å²) in [6.07, 6.45) is -0.958. The number of amides is 3. The van der Waals surface area contributed by atoms with Crippen LogP contribution in [0.3, 0.4) is 0 Å². The van der Waals surface area contributed by atoms with Crippen molar-refractivity contribution in [2.45, 2.75) is 149 Å². The maximum Gasteiger partial charge on any atom is 0.408 e. The Kier molecular flexibility index (Phi) is 21.4. The molecule has 17 nitrogen and oxygen atoms in total. The first-order valence-electron chi connectivity index (χ1n) is 22.1. The van der Waals surface area contributed by atoms with Gasteiger partial charge in [-0.3, -0.25) is 24.0 Å². The highest BCUT2D eigenvalue weighted by Gasteiger charge is 2.58. The van der Waals surface area contributed by atoms with Crippen molar-refractivity contribution in [1.82, 2.24) is 16.0 Å². The minimum Gasteiger partial charge on any atom is -0.493 e. The smallest absolute Gasteiger partial charge is 0.408 e. The molecule has 0 saturated carbocycles. The predicted molar refractivity (Wildman–Crippen MR) is 243 cm³/mol. The monoisotopic (exact) mass is 921 g/mol. The summed E-state index contributed by atoms with van der Waals surface area (Å²) in [5, 5.41) is 8.31. The lowest BCUT2D eigenvalue weighted by atomic mass is 9.81. The minimum atomic E-state index is -1.96. The molecule has 0 aliphatic carbocycles. The highest BCUT2D eigenvalue weighted by atomic mass is 16.6. The molecule has 1 aliphatic heterocycles. The third-order valence-electron chi connectivity index (χ3n) is 10.2. The van der Waals surface area contributed by atoms with E-state index >= 15 is 0 Å². The van der Waals surface area contributed by atoms with Gasteiger partial charge < -0.3 is 49.1 Å². The van der Waals surface area contributed by atoms with Crippen LogP contribution in [0.1, 0.15) is 114 Å². The van der Waals surface area contributed by atoms with E-state index in [4.69, 9.17) is 33.2 Å². The van der Waals surface area contributed by atoms with Gasteiger partial charge in [0.25, 0.3) is 5.91 Å². The molecule has 6 atom stereocenters. The van der Waals surface area contributed by atoms with Crippen molar-refractivity contribution in [2.24, 2.45) is 0 Å². The van der Waals surface area contributed by atoms with Gasteiger partial charge in [0.1, 0.15) is 30.2 Å². The second-order valence-corrected chi connectivity index (χ2v) is 17.1. The number of hydrogen-bond donors (Lipinski definition) is 3. The maximum absolute atomic E-state index is 14.3. The van der Waals surface area contributed by atoms with Crippen LogP contribution in [0.15, 0.2) is 67.8 Å². The first kappa shape index (κ1) is 54.1. The highest BCUT2D eigenvalue weighted by Crippen LogP contribution is 2.39. The number of carbonyl (C=O) groups excluding carboxylic acids is 7. The molecule has 362 valence electrons. The molecule has 2 aromatic carbocycles. The predicted octanol–water partition coefficient (Wildman–Crippen LogP) is 6.20. The van der Waals surface area contributed by atoms with Gasteiger partial charge in [0.05, 0.1) is 19.2 Å². The fourth-order valence-electron chi connectivity index (χ4n) is 7.42. The molecule has 3 rings (SSSR count). The van der Waals surface area contributed by atoms with E-state index in [9.17, 15) is 33.6 Å². The van der Waals surface area contributed by atoms with E-state index < -0.39 is 84.1 Å². The number of aryl methyl sites for hydroxylation is 2. The SMILES string of the molecule is C=CCCCCC(=O)NCCCOc1c(C)cc(C(=O)NC[C@@H](OC(C)=O)[C@@H](OC(C)=O)[C@@H]2O[C@@](CC=C)(C(=O)OCc3ccccc3)C[C@H](OC(C)=O)[C@H]2NC(=O)OC(C)(C)C)cc1C. The average Bonchev–Trinajstić information content (AvgIpc) is 3.23. The van der Waals surface area contributed by atoms with Crippen LogP contribution >= 0.6 is 0 Å². The van der Waals surface area contributed by atoms with Crippen LogP contribution in [-0.4, -0.2) is 103 Å². The van der Waals surface area contributed by atoms with E-state index in [2.05, 4.69) is 29.1 Å². The van der Waals surface area contributed by atoms with Crippen molar-refractivity contribution in [3.8, 4) is 5.75 Å². The topological polar surface area (TPSA) is 220 Å². The number of benzene rings is 2. The Morgan fingerprint density at radius 3 is 2.14 bits per heavy atom. The van der Waals surface area contributed by atoms with Crippen LogP contribution in [-0.2, 0) is 59.0 Å².